The standard InChI is InChI=1S/C13H20N4O2S2/c1-13(2,20-4)9-15-21(18,19)12-11(14-3)16-10-7-5-6-8-17(10)12/h5-8,14-15H,9H2,1-4H3. The van der Waals surface area contributed by atoms with Gasteiger partial charge in [-0.3, -0.25) is 4.40 Å². The normalized spacial score (nSPS) is 12.8. The summed E-state index contributed by atoms with van der Waals surface area (Å²) in [6, 6.07) is 5.37. The van der Waals surface area contributed by atoms with Crippen LogP contribution in [0.5, 0.6) is 0 Å². The van der Waals surface area contributed by atoms with Crippen molar-refractivity contribution >= 4 is 33.3 Å². The van der Waals surface area contributed by atoms with Crippen molar-refractivity contribution in [2.75, 3.05) is 25.2 Å². The van der Waals surface area contributed by atoms with Crippen LogP contribution >= 0.6 is 11.8 Å². The molecule has 116 valence electrons. The molecule has 8 heteroatoms. The van der Waals surface area contributed by atoms with E-state index in [4.69, 9.17) is 0 Å². The van der Waals surface area contributed by atoms with Gasteiger partial charge in [-0.15, -0.1) is 0 Å². The van der Waals surface area contributed by atoms with Gasteiger partial charge in [0.05, 0.1) is 0 Å². The number of fused-ring (bicyclic) bond motifs is 1. The van der Waals surface area contributed by atoms with Crippen molar-refractivity contribution in [1.29, 1.82) is 0 Å². The second-order valence-corrected chi connectivity index (χ2v) is 8.43. The molecule has 2 aromatic heterocycles. The molecule has 0 fully saturated rings. The number of nitrogens with zero attached hydrogens (tertiary/aromatic N) is 2. The molecular formula is C13H20N4O2S2. The maximum Gasteiger partial charge on any atom is 0.260 e. The molecule has 0 bridgehead atoms. The Hall–Kier alpha value is -1.25. The van der Waals surface area contributed by atoms with Crippen molar-refractivity contribution in [3.63, 3.8) is 0 Å². The van der Waals surface area contributed by atoms with Crippen LogP contribution < -0.4 is 10.0 Å². The molecule has 2 aromatic rings. The predicted octanol–water partition coefficient (Wildman–Crippen LogP) is 1.80. The summed E-state index contributed by atoms with van der Waals surface area (Å²) in [6.07, 6.45) is 3.65. The first-order valence-corrected chi connectivity index (χ1v) is 9.21. The largest absolute Gasteiger partial charge is 0.371 e. The van der Waals surface area contributed by atoms with Gasteiger partial charge < -0.3 is 5.32 Å². The topological polar surface area (TPSA) is 75.5 Å². The van der Waals surface area contributed by atoms with Gasteiger partial charge in [-0.2, -0.15) is 11.8 Å². The molecule has 0 amide bonds. The zero-order valence-electron chi connectivity index (χ0n) is 12.5. The Morgan fingerprint density at radius 1 is 1.38 bits per heavy atom. The van der Waals surface area contributed by atoms with Crippen LogP contribution in [0, 0.1) is 0 Å². The summed E-state index contributed by atoms with van der Waals surface area (Å²) in [4.78, 5) is 4.29. The third kappa shape index (κ3) is 3.33. The third-order valence-electron chi connectivity index (χ3n) is 3.22. The van der Waals surface area contributed by atoms with Gasteiger partial charge in [0.25, 0.3) is 10.0 Å². The zero-order chi connectivity index (χ0) is 15.7. The number of hydrogen-bond donors (Lipinski definition) is 2. The van der Waals surface area contributed by atoms with Crippen LogP contribution in [0.3, 0.4) is 0 Å². The number of imidazole rings is 1. The molecule has 2 N–H and O–H groups in total. The van der Waals surface area contributed by atoms with E-state index in [-0.39, 0.29) is 9.77 Å². The summed E-state index contributed by atoms with van der Waals surface area (Å²) in [7, 11) is -2.00. The summed E-state index contributed by atoms with van der Waals surface area (Å²) < 4.78 is 29.3. The van der Waals surface area contributed by atoms with E-state index in [2.05, 4.69) is 15.0 Å². The Bertz CT molecular complexity index is 738. The highest BCUT2D eigenvalue weighted by atomic mass is 32.2. The molecule has 0 spiro atoms. The van der Waals surface area contributed by atoms with Gasteiger partial charge in [0.15, 0.2) is 10.8 Å². The Morgan fingerprint density at radius 2 is 2.10 bits per heavy atom. The first-order chi connectivity index (χ1) is 9.80. The molecule has 0 aromatic carbocycles. The molecule has 2 heterocycles. The molecule has 0 saturated carbocycles. The van der Waals surface area contributed by atoms with Gasteiger partial charge in [-0.1, -0.05) is 6.07 Å². The lowest BCUT2D eigenvalue weighted by Gasteiger charge is -2.22. The summed E-state index contributed by atoms with van der Waals surface area (Å²) in [6.45, 7) is 4.33. The minimum absolute atomic E-state index is 0.137. The number of aromatic nitrogens is 2. The summed E-state index contributed by atoms with van der Waals surface area (Å²) in [5.41, 5.74) is 0.589. The number of rotatable bonds is 6. The van der Waals surface area contributed by atoms with Gasteiger partial charge >= 0.3 is 0 Å². The first kappa shape index (κ1) is 16.1. The number of nitrogens with one attached hydrogen (secondary N) is 2. The maximum absolute atomic E-state index is 12.6. The highest BCUT2D eigenvalue weighted by molar-refractivity contribution is 8.00. The van der Waals surface area contributed by atoms with Crippen LogP contribution in [0.4, 0.5) is 5.82 Å². The monoisotopic (exact) mass is 328 g/mol. The smallest absolute Gasteiger partial charge is 0.260 e. The van der Waals surface area contributed by atoms with Crippen molar-refractivity contribution in [2.45, 2.75) is 23.6 Å². The molecule has 0 aliphatic heterocycles. The van der Waals surface area contributed by atoms with Gasteiger partial charge in [-0.25, -0.2) is 18.1 Å². The highest BCUT2D eigenvalue weighted by Crippen LogP contribution is 2.24. The number of sulfonamides is 1. The summed E-state index contributed by atoms with van der Waals surface area (Å²) >= 11 is 1.61. The molecule has 0 radical (unpaired) electrons. The second-order valence-electron chi connectivity index (χ2n) is 5.23. The molecule has 21 heavy (non-hydrogen) atoms. The van der Waals surface area contributed by atoms with E-state index < -0.39 is 10.0 Å². The molecule has 0 unspecified atom stereocenters. The lowest BCUT2D eigenvalue weighted by Crippen LogP contribution is -2.36. The van der Waals surface area contributed by atoms with E-state index in [9.17, 15) is 8.42 Å². The fourth-order valence-electron chi connectivity index (χ4n) is 1.80. The molecule has 2 rings (SSSR count). The Kier molecular flexibility index (Phi) is 4.50. The second kappa shape index (κ2) is 5.86. The quantitative estimate of drug-likeness (QED) is 0.846. The minimum atomic E-state index is -3.65. The van der Waals surface area contributed by atoms with Gasteiger partial charge in [0.2, 0.25) is 0 Å². The molecular weight excluding hydrogens is 308 g/mol. The van der Waals surface area contributed by atoms with Gasteiger partial charge in [0.1, 0.15) is 5.65 Å². The van der Waals surface area contributed by atoms with E-state index in [1.165, 1.54) is 0 Å². The van der Waals surface area contributed by atoms with Crippen LogP contribution in [-0.4, -0.2) is 42.4 Å². The minimum Gasteiger partial charge on any atom is -0.371 e. The van der Waals surface area contributed by atoms with Crippen molar-refractivity contribution < 1.29 is 8.42 Å². The molecule has 0 aliphatic rings. The van der Waals surface area contributed by atoms with Crippen molar-refractivity contribution in [3.05, 3.63) is 24.4 Å². The Morgan fingerprint density at radius 3 is 2.71 bits per heavy atom. The highest BCUT2D eigenvalue weighted by Gasteiger charge is 2.27. The third-order valence-corrected chi connectivity index (χ3v) is 5.89. The Labute approximate surface area is 129 Å². The molecule has 0 saturated heterocycles. The van der Waals surface area contributed by atoms with Crippen LogP contribution in [0.1, 0.15) is 13.8 Å². The van der Waals surface area contributed by atoms with Crippen LogP contribution in [0.2, 0.25) is 0 Å². The zero-order valence-corrected chi connectivity index (χ0v) is 14.2. The maximum atomic E-state index is 12.6. The fraction of sp³-hybridized carbons (Fsp3) is 0.462. The lowest BCUT2D eigenvalue weighted by molar-refractivity contribution is 0.566. The molecule has 6 nitrogen and oxygen atoms in total. The number of thioether (sulfide) groups is 1. The van der Waals surface area contributed by atoms with Crippen LogP contribution in [0.25, 0.3) is 5.65 Å². The fourth-order valence-corrected chi connectivity index (χ4v) is 3.61. The number of hydrogen-bond acceptors (Lipinski definition) is 5. The average Bonchev–Trinajstić information content (AvgIpc) is 2.84. The number of anilines is 1. The summed E-state index contributed by atoms with van der Waals surface area (Å²) in [5, 5.41) is 2.98. The average molecular weight is 328 g/mol. The van der Waals surface area contributed by atoms with E-state index in [0.717, 1.165) is 0 Å². The van der Waals surface area contributed by atoms with E-state index in [1.54, 1.807) is 41.5 Å². The van der Waals surface area contributed by atoms with Crippen LogP contribution in [-0.2, 0) is 10.0 Å². The predicted molar refractivity (Wildman–Crippen MR) is 87.5 cm³/mol. The Balaban J connectivity index is 2.44. The first-order valence-electron chi connectivity index (χ1n) is 6.50. The molecule has 0 atom stereocenters. The molecule has 0 aliphatic carbocycles. The number of pyridine rings is 1. The lowest BCUT2D eigenvalue weighted by atomic mass is 10.2. The SMILES string of the molecule is CNc1nc2ccccn2c1S(=O)(=O)NCC(C)(C)SC. The van der Waals surface area contributed by atoms with Crippen molar-refractivity contribution in [3.8, 4) is 0 Å². The van der Waals surface area contributed by atoms with Crippen molar-refractivity contribution in [1.82, 2.24) is 14.1 Å². The van der Waals surface area contributed by atoms with Gasteiger partial charge in [-0.05, 0) is 32.2 Å². The van der Waals surface area contributed by atoms with Gasteiger partial charge in [0, 0.05) is 24.5 Å². The van der Waals surface area contributed by atoms with Crippen molar-refractivity contribution in [2.24, 2.45) is 0 Å². The van der Waals surface area contributed by atoms with E-state index in [0.29, 0.717) is 18.0 Å². The van der Waals surface area contributed by atoms with E-state index in [1.807, 2.05) is 26.2 Å². The summed E-state index contributed by atoms with van der Waals surface area (Å²) in [5.74, 6) is 0.343. The van der Waals surface area contributed by atoms with E-state index >= 15 is 0 Å². The van der Waals surface area contributed by atoms with Crippen LogP contribution in [0.15, 0.2) is 29.4 Å².